The lowest BCUT2D eigenvalue weighted by molar-refractivity contribution is -0.200. The van der Waals surface area contributed by atoms with Crippen LogP contribution in [0.4, 0.5) is 0 Å². The highest BCUT2D eigenvalue weighted by Gasteiger charge is 2.38. The number of hydrogen-bond acceptors (Lipinski definition) is 5. The summed E-state index contributed by atoms with van der Waals surface area (Å²) in [5, 5.41) is 0. The van der Waals surface area contributed by atoms with Crippen molar-refractivity contribution in [3.05, 3.63) is 179 Å². The van der Waals surface area contributed by atoms with Crippen molar-refractivity contribution in [3.63, 3.8) is 0 Å². The lowest BCUT2D eigenvalue weighted by atomic mass is 9.99. The van der Waals surface area contributed by atoms with Crippen molar-refractivity contribution in [2.24, 2.45) is 0 Å². The molecule has 5 heteroatoms. The van der Waals surface area contributed by atoms with Gasteiger partial charge in [-0.05, 0) is 34.2 Å². The third-order valence-corrected chi connectivity index (χ3v) is 8.04. The molecule has 5 aromatic carbocycles. The second kappa shape index (κ2) is 19.5. The third-order valence-electron chi connectivity index (χ3n) is 8.04. The Morgan fingerprint density at radius 2 is 0.660 bits per heavy atom. The van der Waals surface area contributed by atoms with Crippen LogP contribution in [0.25, 0.3) is 0 Å². The van der Waals surface area contributed by atoms with Crippen LogP contribution < -0.4 is 0 Å². The first kappa shape index (κ1) is 34.2. The van der Waals surface area contributed by atoms with Gasteiger partial charge in [0.15, 0.2) is 0 Å². The first-order valence-corrected chi connectivity index (χ1v) is 16.5. The van der Waals surface area contributed by atoms with E-state index in [1.165, 1.54) is 0 Å². The molecule has 0 spiro atoms. The minimum absolute atomic E-state index is 0.267. The number of ether oxygens (including phenoxy) is 5. The maximum Gasteiger partial charge on any atom is 0.115 e. The Kier molecular flexibility index (Phi) is 14.2. The van der Waals surface area contributed by atoms with E-state index in [1.807, 2.05) is 91.0 Å². The minimum atomic E-state index is -0.501. The Hall–Kier alpha value is -4.10. The summed E-state index contributed by atoms with van der Waals surface area (Å²) in [5.74, 6) is 0. The van der Waals surface area contributed by atoms with Crippen LogP contribution in [0.15, 0.2) is 152 Å². The van der Waals surface area contributed by atoms with Crippen LogP contribution in [0.2, 0.25) is 0 Å². The standard InChI is InChI=1S/C42H46O5/c1-2-39(44-29-35-20-10-4-11-21-35)41(46-31-37-24-14-6-15-25-37)42(47-32-38-26-16-7-17-27-38)40(45-30-36-22-12-5-13-23-36)33-43-28-34-18-8-3-9-19-34/h3-27,39-42H,2,28-33H2,1H3/t39-,40-,41-,42-/m1/s1. The fourth-order valence-electron chi connectivity index (χ4n) is 5.47. The van der Waals surface area contributed by atoms with Gasteiger partial charge in [0.25, 0.3) is 0 Å². The average Bonchev–Trinajstić information content (AvgIpc) is 3.14. The Labute approximate surface area is 280 Å². The van der Waals surface area contributed by atoms with Gasteiger partial charge in [-0.1, -0.05) is 159 Å². The molecule has 0 N–H and O–H groups in total. The van der Waals surface area contributed by atoms with Crippen LogP contribution in [-0.4, -0.2) is 31.0 Å². The SMILES string of the molecule is CC[C@@H](OCc1ccccc1)[C@@H](OCc1ccccc1)[C@H](OCc1ccccc1)[C@@H](COCc1ccccc1)OCc1ccccc1. The molecule has 0 saturated carbocycles. The van der Waals surface area contributed by atoms with E-state index in [-0.39, 0.29) is 6.10 Å². The maximum atomic E-state index is 6.86. The topological polar surface area (TPSA) is 46.2 Å². The van der Waals surface area contributed by atoms with E-state index in [9.17, 15) is 0 Å². The summed E-state index contributed by atoms with van der Waals surface area (Å²) in [6, 6.07) is 51.1. The largest absolute Gasteiger partial charge is 0.374 e. The highest BCUT2D eigenvalue weighted by atomic mass is 16.6. The van der Waals surface area contributed by atoms with Crippen molar-refractivity contribution in [2.45, 2.75) is 70.8 Å². The molecule has 47 heavy (non-hydrogen) atoms. The van der Waals surface area contributed by atoms with Crippen LogP contribution in [-0.2, 0) is 56.7 Å². The molecule has 4 atom stereocenters. The van der Waals surface area contributed by atoms with E-state index in [0.29, 0.717) is 39.6 Å². The minimum Gasteiger partial charge on any atom is -0.374 e. The summed E-state index contributed by atoms with van der Waals surface area (Å²) in [6.45, 7) is 4.62. The number of benzene rings is 5. The fourth-order valence-corrected chi connectivity index (χ4v) is 5.47. The van der Waals surface area contributed by atoms with E-state index in [4.69, 9.17) is 23.7 Å². The van der Waals surface area contributed by atoms with Crippen LogP contribution in [0.3, 0.4) is 0 Å². The summed E-state index contributed by atoms with van der Waals surface area (Å²) < 4.78 is 33.4. The Balaban J connectivity index is 1.45. The fraction of sp³-hybridized carbons (Fsp3) is 0.286. The van der Waals surface area contributed by atoms with Crippen LogP contribution >= 0.6 is 0 Å². The maximum absolute atomic E-state index is 6.86. The molecule has 0 heterocycles. The molecule has 0 aromatic heterocycles. The molecule has 0 aliphatic heterocycles. The first-order chi connectivity index (χ1) is 23.3. The normalized spacial score (nSPS) is 13.9. The summed E-state index contributed by atoms with van der Waals surface area (Å²) in [4.78, 5) is 0. The predicted molar refractivity (Wildman–Crippen MR) is 186 cm³/mol. The molecule has 0 unspecified atom stereocenters. The Morgan fingerprint density at radius 3 is 1.02 bits per heavy atom. The predicted octanol–water partition coefficient (Wildman–Crippen LogP) is 8.95. The van der Waals surface area contributed by atoms with Crippen molar-refractivity contribution in [2.75, 3.05) is 6.61 Å². The molecule has 0 saturated heterocycles. The van der Waals surface area contributed by atoms with E-state index < -0.39 is 18.3 Å². The zero-order valence-electron chi connectivity index (χ0n) is 27.2. The number of rotatable bonds is 20. The molecule has 5 rings (SSSR count). The molecule has 5 aromatic rings. The Morgan fingerprint density at radius 1 is 0.362 bits per heavy atom. The molecule has 0 amide bonds. The average molecular weight is 631 g/mol. The third kappa shape index (κ3) is 11.6. The van der Waals surface area contributed by atoms with Gasteiger partial charge in [0.05, 0.1) is 45.7 Å². The van der Waals surface area contributed by atoms with E-state index >= 15 is 0 Å². The van der Waals surface area contributed by atoms with Crippen LogP contribution in [0.1, 0.15) is 41.2 Å². The van der Waals surface area contributed by atoms with Gasteiger partial charge in [-0.3, -0.25) is 0 Å². The second-order valence-electron chi connectivity index (χ2n) is 11.6. The summed E-state index contributed by atoms with van der Waals surface area (Å²) in [5.41, 5.74) is 5.45. The second-order valence-corrected chi connectivity index (χ2v) is 11.6. The van der Waals surface area contributed by atoms with Gasteiger partial charge in [-0.2, -0.15) is 0 Å². The molecular formula is C42H46O5. The van der Waals surface area contributed by atoms with Gasteiger partial charge < -0.3 is 23.7 Å². The monoisotopic (exact) mass is 630 g/mol. The van der Waals surface area contributed by atoms with Crippen LogP contribution in [0.5, 0.6) is 0 Å². The molecule has 0 aliphatic rings. The zero-order chi connectivity index (χ0) is 32.4. The molecule has 244 valence electrons. The Bertz CT molecular complexity index is 1500. The zero-order valence-corrected chi connectivity index (χ0v) is 27.2. The molecular weight excluding hydrogens is 584 g/mol. The van der Waals surface area contributed by atoms with E-state index in [1.54, 1.807) is 0 Å². The highest BCUT2D eigenvalue weighted by Crippen LogP contribution is 2.25. The van der Waals surface area contributed by atoms with Gasteiger partial charge in [-0.25, -0.2) is 0 Å². The quantitative estimate of drug-likeness (QED) is 0.0859. The summed E-state index contributed by atoms with van der Waals surface area (Å²) in [7, 11) is 0. The van der Waals surface area contributed by atoms with Crippen molar-refractivity contribution < 1.29 is 23.7 Å². The van der Waals surface area contributed by atoms with E-state index in [2.05, 4.69) is 67.6 Å². The smallest absolute Gasteiger partial charge is 0.115 e. The van der Waals surface area contributed by atoms with Gasteiger partial charge >= 0.3 is 0 Å². The van der Waals surface area contributed by atoms with Crippen molar-refractivity contribution in [3.8, 4) is 0 Å². The van der Waals surface area contributed by atoms with Gasteiger partial charge in [0.1, 0.15) is 18.3 Å². The number of hydrogen-bond donors (Lipinski definition) is 0. The van der Waals surface area contributed by atoms with Gasteiger partial charge in [0, 0.05) is 0 Å². The van der Waals surface area contributed by atoms with Gasteiger partial charge in [-0.15, -0.1) is 0 Å². The van der Waals surface area contributed by atoms with Crippen molar-refractivity contribution in [1.29, 1.82) is 0 Å². The first-order valence-electron chi connectivity index (χ1n) is 16.5. The van der Waals surface area contributed by atoms with Gasteiger partial charge in [0.2, 0.25) is 0 Å². The molecule has 0 bridgehead atoms. The van der Waals surface area contributed by atoms with Crippen molar-refractivity contribution in [1.82, 2.24) is 0 Å². The molecule has 0 aliphatic carbocycles. The summed E-state index contributed by atoms with van der Waals surface area (Å²) >= 11 is 0. The highest BCUT2D eigenvalue weighted by molar-refractivity contribution is 5.17. The van der Waals surface area contributed by atoms with E-state index in [0.717, 1.165) is 34.2 Å². The lowest BCUT2D eigenvalue weighted by Crippen LogP contribution is -2.50. The molecule has 0 radical (unpaired) electrons. The summed E-state index contributed by atoms with van der Waals surface area (Å²) in [6.07, 6.45) is -0.935. The van der Waals surface area contributed by atoms with Crippen molar-refractivity contribution >= 4 is 0 Å². The molecule has 5 nitrogen and oxygen atoms in total. The lowest BCUT2D eigenvalue weighted by Gasteiger charge is -2.37. The van der Waals surface area contributed by atoms with Crippen LogP contribution in [0, 0.1) is 0 Å². The molecule has 0 fully saturated rings.